The highest BCUT2D eigenvalue weighted by Gasteiger charge is 2.34. The Bertz CT molecular complexity index is 956. The maximum absolute atomic E-state index is 12.5. The van der Waals surface area contributed by atoms with Crippen molar-refractivity contribution in [1.29, 1.82) is 0 Å². The maximum atomic E-state index is 12.5. The van der Waals surface area contributed by atoms with Gasteiger partial charge in [-0.3, -0.25) is 9.59 Å². The van der Waals surface area contributed by atoms with Gasteiger partial charge in [-0.05, 0) is 12.1 Å². The van der Waals surface area contributed by atoms with Crippen LogP contribution in [0.15, 0.2) is 66.0 Å². The van der Waals surface area contributed by atoms with Gasteiger partial charge in [-0.2, -0.15) is 0 Å². The number of para-hydroxylation sites is 1. The number of carbonyl (C=O) groups excluding carboxylic acids is 2. The van der Waals surface area contributed by atoms with Crippen molar-refractivity contribution in [3.8, 4) is 10.6 Å². The van der Waals surface area contributed by atoms with Gasteiger partial charge in [0.05, 0.1) is 11.6 Å². The van der Waals surface area contributed by atoms with Gasteiger partial charge in [0.25, 0.3) is 0 Å². The van der Waals surface area contributed by atoms with Crippen LogP contribution in [-0.4, -0.2) is 29.9 Å². The molecule has 1 atom stereocenters. The van der Waals surface area contributed by atoms with E-state index in [0.717, 1.165) is 22.0 Å². The van der Waals surface area contributed by atoms with Crippen LogP contribution in [0, 0.1) is 5.92 Å². The van der Waals surface area contributed by atoms with Gasteiger partial charge < -0.3 is 10.2 Å². The molecule has 2 heterocycles. The predicted molar refractivity (Wildman–Crippen MR) is 111 cm³/mol. The van der Waals surface area contributed by atoms with Crippen LogP contribution >= 0.6 is 11.3 Å². The molecule has 1 aliphatic rings. The molecule has 3 aromatic rings. The third-order valence-corrected chi connectivity index (χ3v) is 5.76. The fourth-order valence-corrected chi connectivity index (χ4v) is 4.19. The number of thiazole rings is 1. The molecule has 0 aliphatic carbocycles. The summed E-state index contributed by atoms with van der Waals surface area (Å²) in [5.41, 5.74) is 2.92. The molecule has 0 radical (unpaired) electrons. The minimum Gasteiger partial charge on any atom is -0.355 e. The van der Waals surface area contributed by atoms with Crippen LogP contribution in [-0.2, 0) is 16.0 Å². The molecule has 5 nitrogen and oxygen atoms in total. The number of hydrogen-bond donors (Lipinski definition) is 1. The summed E-state index contributed by atoms with van der Waals surface area (Å²) >= 11 is 1.61. The minimum absolute atomic E-state index is 0.00152. The van der Waals surface area contributed by atoms with Gasteiger partial charge in [0.15, 0.2) is 0 Å². The zero-order valence-corrected chi connectivity index (χ0v) is 16.2. The number of hydrogen-bond acceptors (Lipinski definition) is 4. The number of nitrogens with zero attached hydrogens (tertiary/aromatic N) is 2. The molecule has 28 heavy (non-hydrogen) atoms. The Labute approximate surface area is 168 Å². The average Bonchev–Trinajstić information content (AvgIpc) is 3.36. The van der Waals surface area contributed by atoms with E-state index in [0.29, 0.717) is 19.5 Å². The number of amides is 2. The van der Waals surface area contributed by atoms with E-state index < -0.39 is 0 Å². The molecule has 0 bridgehead atoms. The van der Waals surface area contributed by atoms with Crippen LogP contribution < -0.4 is 10.2 Å². The van der Waals surface area contributed by atoms with E-state index in [1.807, 2.05) is 66.0 Å². The normalized spacial score (nSPS) is 16.4. The number of rotatable bonds is 6. The Morgan fingerprint density at radius 2 is 1.82 bits per heavy atom. The second-order valence-corrected chi connectivity index (χ2v) is 7.65. The molecule has 1 fully saturated rings. The van der Waals surface area contributed by atoms with Gasteiger partial charge in [-0.15, -0.1) is 11.3 Å². The highest BCUT2D eigenvalue weighted by atomic mass is 32.1. The standard InChI is InChI=1S/C22H21N3O2S/c26-20-13-17(14-25(20)19-9-5-2-6-10-19)21(27)23-12-11-18-15-28-22(24-18)16-7-3-1-4-8-16/h1-10,15,17H,11-14H2,(H,23,27). The largest absolute Gasteiger partial charge is 0.355 e. The van der Waals surface area contributed by atoms with Crippen molar-refractivity contribution in [2.75, 3.05) is 18.0 Å². The lowest BCUT2D eigenvalue weighted by atomic mass is 10.1. The number of carbonyl (C=O) groups is 2. The number of benzene rings is 2. The third-order valence-electron chi connectivity index (χ3n) is 4.82. The van der Waals surface area contributed by atoms with Crippen molar-refractivity contribution >= 4 is 28.8 Å². The average molecular weight is 391 g/mol. The summed E-state index contributed by atoms with van der Waals surface area (Å²) in [4.78, 5) is 31.1. The van der Waals surface area contributed by atoms with Crippen LogP contribution in [0.1, 0.15) is 12.1 Å². The first-order chi connectivity index (χ1) is 13.7. The lowest BCUT2D eigenvalue weighted by Crippen LogP contribution is -2.34. The first kappa shape index (κ1) is 18.4. The summed E-state index contributed by atoms with van der Waals surface area (Å²) in [6, 6.07) is 19.6. The van der Waals surface area contributed by atoms with Gasteiger partial charge in [-0.1, -0.05) is 48.5 Å². The topological polar surface area (TPSA) is 62.3 Å². The van der Waals surface area contributed by atoms with E-state index in [9.17, 15) is 9.59 Å². The second-order valence-electron chi connectivity index (χ2n) is 6.79. The molecule has 1 aromatic heterocycles. The SMILES string of the molecule is O=C(NCCc1csc(-c2ccccc2)n1)C1CC(=O)N(c2ccccc2)C1. The quantitative estimate of drug-likeness (QED) is 0.699. The van der Waals surface area contributed by atoms with Gasteiger partial charge >= 0.3 is 0 Å². The van der Waals surface area contributed by atoms with Crippen molar-refractivity contribution in [3.63, 3.8) is 0 Å². The fraction of sp³-hybridized carbons (Fsp3) is 0.227. The molecule has 1 aliphatic heterocycles. The van der Waals surface area contributed by atoms with Crippen LogP contribution in [0.4, 0.5) is 5.69 Å². The predicted octanol–water partition coefficient (Wildman–Crippen LogP) is 3.52. The molecule has 1 saturated heterocycles. The zero-order valence-electron chi connectivity index (χ0n) is 15.4. The Morgan fingerprint density at radius 1 is 1.11 bits per heavy atom. The van der Waals surface area contributed by atoms with Crippen LogP contribution in [0.25, 0.3) is 10.6 Å². The highest BCUT2D eigenvalue weighted by molar-refractivity contribution is 7.13. The Kier molecular flexibility index (Phi) is 5.48. The lowest BCUT2D eigenvalue weighted by Gasteiger charge is -2.16. The van der Waals surface area contributed by atoms with Gasteiger partial charge in [0, 0.05) is 42.6 Å². The van der Waals surface area contributed by atoms with Crippen LogP contribution in [0.3, 0.4) is 0 Å². The second kappa shape index (κ2) is 8.35. The number of aromatic nitrogens is 1. The lowest BCUT2D eigenvalue weighted by molar-refractivity contribution is -0.126. The molecule has 0 spiro atoms. The summed E-state index contributed by atoms with van der Waals surface area (Å²) in [6.45, 7) is 0.955. The van der Waals surface area contributed by atoms with Crippen molar-refractivity contribution in [1.82, 2.24) is 10.3 Å². The van der Waals surface area contributed by atoms with Crippen molar-refractivity contribution in [2.45, 2.75) is 12.8 Å². The summed E-state index contributed by atoms with van der Waals surface area (Å²) in [6.07, 6.45) is 0.938. The zero-order chi connectivity index (χ0) is 19.3. The maximum Gasteiger partial charge on any atom is 0.227 e. The molecular weight excluding hydrogens is 370 g/mol. The van der Waals surface area contributed by atoms with E-state index in [-0.39, 0.29) is 24.2 Å². The monoisotopic (exact) mass is 391 g/mol. The highest BCUT2D eigenvalue weighted by Crippen LogP contribution is 2.25. The molecule has 0 saturated carbocycles. The van der Waals surface area contributed by atoms with Crippen molar-refractivity contribution < 1.29 is 9.59 Å². The third kappa shape index (κ3) is 4.12. The van der Waals surface area contributed by atoms with E-state index in [1.54, 1.807) is 16.2 Å². The molecule has 2 aromatic carbocycles. The van der Waals surface area contributed by atoms with E-state index in [4.69, 9.17) is 0 Å². The van der Waals surface area contributed by atoms with Gasteiger partial charge in [0.1, 0.15) is 5.01 Å². The molecule has 1 N–H and O–H groups in total. The summed E-state index contributed by atoms with van der Waals surface area (Å²) in [5.74, 6) is -0.369. The fourth-order valence-electron chi connectivity index (χ4n) is 3.33. The van der Waals surface area contributed by atoms with E-state index in [2.05, 4.69) is 10.3 Å². The van der Waals surface area contributed by atoms with Gasteiger partial charge in [-0.25, -0.2) is 4.98 Å². The summed E-state index contributed by atoms with van der Waals surface area (Å²) < 4.78 is 0. The number of anilines is 1. The first-order valence-electron chi connectivity index (χ1n) is 9.33. The molecular formula is C22H21N3O2S. The molecule has 6 heteroatoms. The van der Waals surface area contributed by atoms with E-state index in [1.165, 1.54) is 0 Å². The van der Waals surface area contributed by atoms with Gasteiger partial charge in [0.2, 0.25) is 11.8 Å². The van der Waals surface area contributed by atoms with Crippen molar-refractivity contribution in [3.05, 3.63) is 71.7 Å². The van der Waals surface area contributed by atoms with E-state index >= 15 is 0 Å². The molecule has 1 unspecified atom stereocenters. The van der Waals surface area contributed by atoms with Crippen LogP contribution in [0.2, 0.25) is 0 Å². The smallest absolute Gasteiger partial charge is 0.227 e. The van der Waals surface area contributed by atoms with Crippen molar-refractivity contribution in [2.24, 2.45) is 5.92 Å². The van der Waals surface area contributed by atoms with Crippen LogP contribution in [0.5, 0.6) is 0 Å². The Hall–Kier alpha value is -2.99. The Balaban J connectivity index is 1.28. The molecule has 142 valence electrons. The molecule has 4 rings (SSSR count). The summed E-state index contributed by atoms with van der Waals surface area (Å²) in [7, 11) is 0. The molecule has 2 amide bonds. The minimum atomic E-state index is -0.303. The summed E-state index contributed by atoms with van der Waals surface area (Å²) in [5, 5.41) is 5.98. The first-order valence-corrected chi connectivity index (χ1v) is 10.2. The number of nitrogens with one attached hydrogen (secondary N) is 1. The Morgan fingerprint density at radius 3 is 2.57 bits per heavy atom.